The summed E-state index contributed by atoms with van der Waals surface area (Å²) in [6.07, 6.45) is 5.25. The van der Waals surface area contributed by atoms with Crippen molar-refractivity contribution in [1.82, 2.24) is 4.98 Å². The number of fused-ring (bicyclic) bond motifs is 1. The van der Waals surface area contributed by atoms with E-state index in [-0.39, 0.29) is 0 Å². The summed E-state index contributed by atoms with van der Waals surface area (Å²) in [7, 11) is 1.99. The van der Waals surface area contributed by atoms with Gasteiger partial charge in [-0.2, -0.15) is 0 Å². The summed E-state index contributed by atoms with van der Waals surface area (Å²) in [5.74, 6) is 0.643. The lowest BCUT2D eigenvalue weighted by molar-refractivity contribution is 0.701. The first-order valence-corrected chi connectivity index (χ1v) is 7.77. The molecule has 0 aliphatic heterocycles. The van der Waals surface area contributed by atoms with Crippen LogP contribution < -0.4 is 5.32 Å². The zero-order valence-corrected chi connectivity index (χ0v) is 13.0. The molecule has 0 amide bonds. The summed E-state index contributed by atoms with van der Waals surface area (Å²) >= 11 is 3.70. The van der Waals surface area contributed by atoms with Crippen LogP contribution in [0.25, 0.3) is 10.9 Å². The number of halogens is 1. The van der Waals surface area contributed by atoms with Crippen molar-refractivity contribution in [3.63, 3.8) is 0 Å². The predicted octanol–water partition coefficient (Wildman–Crippen LogP) is 5.01. The fourth-order valence-electron chi connectivity index (χ4n) is 3.02. The van der Waals surface area contributed by atoms with E-state index < -0.39 is 0 Å². The molecule has 0 radical (unpaired) electrons. The van der Waals surface area contributed by atoms with Crippen molar-refractivity contribution >= 4 is 32.5 Å². The molecule has 1 fully saturated rings. The number of aryl methyl sites for hydroxylation is 1. The molecule has 1 heterocycles. The Morgan fingerprint density at radius 1 is 1.26 bits per heavy atom. The normalized spacial score (nSPS) is 16.2. The molecule has 1 N–H and O–H groups in total. The highest BCUT2D eigenvalue weighted by atomic mass is 79.9. The van der Waals surface area contributed by atoms with Crippen LogP contribution in [0.2, 0.25) is 0 Å². The molecule has 1 aliphatic rings. The zero-order valence-electron chi connectivity index (χ0n) is 11.5. The molecule has 1 aliphatic carbocycles. The van der Waals surface area contributed by atoms with E-state index >= 15 is 0 Å². The smallest absolute Gasteiger partial charge is 0.0870 e. The maximum atomic E-state index is 4.94. The monoisotopic (exact) mass is 318 g/mol. The van der Waals surface area contributed by atoms with Gasteiger partial charge in [0.1, 0.15) is 0 Å². The topological polar surface area (TPSA) is 24.9 Å². The van der Waals surface area contributed by atoms with Crippen molar-refractivity contribution in [2.24, 2.45) is 0 Å². The summed E-state index contributed by atoms with van der Waals surface area (Å²) < 4.78 is 1.13. The van der Waals surface area contributed by atoms with E-state index in [2.05, 4.69) is 46.4 Å². The molecule has 100 valence electrons. The van der Waals surface area contributed by atoms with Crippen molar-refractivity contribution in [2.75, 3.05) is 12.4 Å². The largest absolute Gasteiger partial charge is 0.388 e. The van der Waals surface area contributed by atoms with Gasteiger partial charge in [0.2, 0.25) is 0 Å². The molecule has 2 nitrogen and oxygen atoms in total. The van der Waals surface area contributed by atoms with E-state index in [4.69, 9.17) is 4.98 Å². The highest BCUT2D eigenvalue weighted by Crippen LogP contribution is 2.37. The highest BCUT2D eigenvalue weighted by Gasteiger charge is 2.20. The summed E-state index contributed by atoms with van der Waals surface area (Å²) in [6.45, 7) is 2.12. The molecule has 1 aromatic carbocycles. The number of aromatic nitrogens is 1. The van der Waals surface area contributed by atoms with Crippen molar-refractivity contribution in [3.05, 3.63) is 33.9 Å². The van der Waals surface area contributed by atoms with Crippen LogP contribution in [0.3, 0.4) is 0 Å². The maximum absolute atomic E-state index is 4.94. The van der Waals surface area contributed by atoms with Gasteiger partial charge in [-0.3, -0.25) is 4.98 Å². The molecule has 0 spiro atoms. The lowest BCUT2D eigenvalue weighted by Gasteiger charge is -2.15. The second-order valence-corrected chi connectivity index (χ2v) is 6.21. The molecule has 2 aromatic rings. The van der Waals surface area contributed by atoms with Crippen molar-refractivity contribution in [2.45, 2.75) is 38.5 Å². The average molecular weight is 319 g/mol. The molecule has 3 heteroatoms. The molecule has 1 aromatic heterocycles. The Hall–Kier alpha value is -1.09. The van der Waals surface area contributed by atoms with Crippen LogP contribution in [0.1, 0.15) is 42.9 Å². The van der Waals surface area contributed by atoms with Crippen LogP contribution in [0.4, 0.5) is 5.69 Å². The number of benzene rings is 1. The van der Waals surface area contributed by atoms with E-state index in [1.54, 1.807) is 0 Å². The van der Waals surface area contributed by atoms with E-state index in [1.165, 1.54) is 48.0 Å². The van der Waals surface area contributed by atoms with Gasteiger partial charge in [0, 0.05) is 34.2 Å². The molecule has 19 heavy (non-hydrogen) atoms. The van der Waals surface area contributed by atoms with Crippen molar-refractivity contribution in [3.8, 4) is 0 Å². The highest BCUT2D eigenvalue weighted by molar-refractivity contribution is 9.10. The second-order valence-electron chi connectivity index (χ2n) is 5.42. The Labute approximate surface area is 122 Å². The van der Waals surface area contributed by atoms with E-state index in [9.17, 15) is 0 Å². The molecule has 0 saturated heterocycles. The lowest BCUT2D eigenvalue weighted by Crippen LogP contribution is -2.01. The number of anilines is 1. The van der Waals surface area contributed by atoms with Crippen LogP contribution in [0.5, 0.6) is 0 Å². The minimum Gasteiger partial charge on any atom is -0.388 e. The van der Waals surface area contributed by atoms with Gasteiger partial charge in [-0.1, -0.05) is 25.0 Å². The van der Waals surface area contributed by atoms with E-state index in [1.807, 2.05) is 7.05 Å². The quantitative estimate of drug-likeness (QED) is 0.842. The van der Waals surface area contributed by atoms with Gasteiger partial charge >= 0.3 is 0 Å². The van der Waals surface area contributed by atoms with Crippen LogP contribution >= 0.6 is 15.9 Å². The predicted molar refractivity (Wildman–Crippen MR) is 84.9 cm³/mol. The van der Waals surface area contributed by atoms with Crippen LogP contribution in [0, 0.1) is 6.92 Å². The molecular formula is C16H19BrN2. The summed E-state index contributed by atoms with van der Waals surface area (Å²) in [4.78, 5) is 4.94. The number of hydrogen-bond donors (Lipinski definition) is 1. The molecular weight excluding hydrogens is 300 g/mol. The minimum atomic E-state index is 0.643. The fourth-order valence-corrected chi connectivity index (χ4v) is 3.45. The maximum Gasteiger partial charge on any atom is 0.0870 e. The van der Waals surface area contributed by atoms with Gasteiger partial charge in [-0.25, -0.2) is 0 Å². The van der Waals surface area contributed by atoms with Gasteiger partial charge < -0.3 is 5.32 Å². The number of pyridine rings is 1. The molecule has 1 saturated carbocycles. The second kappa shape index (κ2) is 5.12. The van der Waals surface area contributed by atoms with Gasteiger partial charge in [0.05, 0.1) is 5.52 Å². The standard InChI is InChI=1S/C16H19BrN2/c1-10-7-8-12-14(18-2)9-13(11-5-3-4-6-11)19-16(12)15(10)17/h7-9,11H,3-6H2,1-2H3,(H,18,19). The van der Waals surface area contributed by atoms with Gasteiger partial charge in [-0.05, 0) is 47.3 Å². The Kier molecular flexibility index (Phi) is 3.48. The summed E-state index contributed by atoms with van der Waals surface area (Å²) in [5, 5.41) is 4.52. The third-order valence-corrected chi connectivity index (χ3v) is 5.18. The molecule has 0 atom stereocenters. The van der Waals surface area contributed by atoms with Gasteiger partial charge in [-0.15, -0.1) is 0 Å². The first kappa shape index (κ1) is 12.9. The fraction of sp³-hybridized carbons (Fsp3) is 0.438. The molecule has 0 bridgehead atoms. The third kappa shape index (κ3) is 2.25. The number of rotatable bonds is 2. The first-order valence-electron chi connectivity index (χ1n) is 6.98. The van der Waals surface area contributed by atoms with E-state index in [0.717, 1.165) is 9.99 Å². The Bertz CT molecular complexity index is 616. The first-order chi connectivity index (χ1) is 9.20. The Morgan fingerprint density at radius 3 is 2.68 bits per heavy atom. The van der Waals surface area contributed by atoms with Gasteiger partial charge in [0.25, 0.3) is 0 Å². The van der Waals surface area contributed by atoms with Crippen LogP contribution in [-0.2, 0) is 0 Å². The molecule has 3 rings (SSSR count). The van der Waals surface area contributed by atoms with Crippen molar-refractivity contribution < 1.29 is 0 Å². The lowest BCUT2D eigenvalue weighted by atomic mass is 10.0. The number of nitrogens with one attached hydrogen (secondary N) is 1. The third-order valence-electron chi connectivity index (χ3n) is 4.18. The van der Waals surface area contributed by atoms with Crippen LogP contribution in [0.15, 0.2) is 22.7 Å². The molecule has 0 unspecified atom stereocenters. The zero-order chi connectivity index (χ0) is 13.4. The van der Waals surface area contributed by atoms with Crippen molar-refractivity contribution in [1.29, 1.82) is 0 Å². The Balaban J connectivity index is 2.22. The summed E-state index contributed by atoms with van der Waals surface area (Å²) in [6, 6.07) is 6.54. The number of nitrogens with zero attached hydrogens (tertiary/aromatic N) is 1. The SMILES string of the molecule is CNc1cc(C2CCCC2)nc2c(Br)c(C)ccc12. The minimum absolute atomic E-state index is 0.643. The number of hydrogen-bond acceptors (Lipinski definition) is 2. The van der Waals surface area contributed by atoms with E-state index in [0.29, 0.717) is 5.92 Å². The van der Waals surface area contributed by atoms with Gasteiger partial charge in [0.15, 0.2) is 0 Å². The average Bonchev–Trinajstić information content (AvgIpc) is 2.96. The Morgan fingerprint density at radius 2 is 2.00 bits per heavy atom. The van der Waals surface area contributed by atoms with Crippen LogP contribution in [-0.4, -0.2) is 12.0 Å². The summed E-state index contributed by atoms with van der Waals surface area (Å²) in [5.41, 5.74) is 4.77.